The van der Waals surface area contributed by atoms with Gasteiger partial charge in [-0.15, -0.1) is 0 Å². The molecule has 0 radical (unpaired) electrons. The van der Waals surface area contributed by atoms with Crippen LogP contribution in [-0.4, -0.2) is 47.6 Å². The number of aryl methyl sites for hydroxylation is 1. The van der Waals surface area contributed by atoms with Gasteiger partial charge in [-0.05, 0) is 79.9 Å². The highest BCUT2D eigenvalue weighted by Gasteiger charge is 2.31. The van der Waals surface area contributed by atoms with Crippen LogP contribution >= 0.6 is 0 Å². The van der Waals surface area contributed by atoms with E-state index in [-0.39, 0.29) is 5.88 Å². The molecule has 1 saturated heterocycles. The highest BCUT2D eigenvalue weighted by molar-refractivity contribution is 5.84. The fourth-order valence-electron chi connectivity index (χ4n) is 4.82. The lowest BCUT2D eigenvalue weighted by Gasteiger charge is -2.36. The summed E-state index contributed by atoms with van der Waals surface area (Å²) >= 11 is 0. The molecule has 1 N–H and O–H groups in total. The first-order chi connectivity index (χ1) is 18.4. The maximum atomic E-state index is 12.9. The molecule has 5 rings (SSSR count). The van der Waals surface area contributed by atoms with Gasteiger partial charge in [-0.1, -0.05) is 0 Å². The summed E-state index contributed by atoms with van der Waals surface area (Å²) in [5, 5.41) is 10.3. The highest BCUT2D eigenvalue weighted by atomic mass is 19.4. The van der Waals surface area contributed by atoms with Crippen LogP contribution in [0.25, 0.3) is 10.9 Å². The Morgan fingerprint density at radius 3 is 2.50 bits per heavy atom. The van der Waals surface area contributed by atoms with E-state index in [4.69, 9.17) is 10.00 Å². The van der Waals surface area contributed by atoms with E-state index in [9.17, 15) is 13.2 Å². The second kappa shape index (κ2) is 11.2. The number of unbranched alkanes of at least 4 members (excludes halogenated alkanes) is 1. The quantitative estimate of drug-likeness (QED) is 0.273. The van der Waals surface area contributed by atoms with Crippen LogP contribution in [0.3, 0.4) is 0 Å². The molecule has 4 aromatic rings. The number of hydrogen-bond acceptors (Lipinski definition) is 5. The molecular weight excluding hydrogens is 491 g/mol. The lowest BCUT2D eigenvalue weighted by molar-refractivity contribution is -0.137. The number of pyridine rings is 1. The molecule has 1 aliphatic heterocycles. The zero-order valence-electron chi connectivity index (χ0n) is 20.8. The van der Waals surface area contributed by atoms with Crippen molar-refractivity contribution in [3.8, 4) is 17.7 Å². The number of piperazine rings is 1. The molecule has 0 bridgehead atoms. The minimum atomic E-state index is -4.44. The van der Waals surface area contributed by atoms with Crippen molar-refractivity contribution in [1.29, 1.82) is 5.26 Å². The number of benzene rings is 2. The first kappa shape index (κ1) is 25.6. The van der Waals surface area contributed by atoms with Crippen molar-refractivity contribution in [1.82, 2.24) is 14.9 Å². The molecule has 196 valence electrons. The molecule has 1 aliphatic rings. The molecule has 0 unspecified atom stereocenters. The van der Waals surface area contributed by atoms with Crippen LogP contribution in [0.2, 0.25) is 0 Å². The van der Waals surface area contributed by atoms with E-state index < -0.39 is 11.7 Å². The van der Waals surface area contributed by atoms with Crippen LogP contribution in [0.15, 0.2) is 67.0 Å². The molecule has 0 spiro atoms. The fraction of sp³-hybridized carbons (Fsp3) is 0.310. The monoisotopic (exact) mass is 519 g/mol. The van der Waals surface area contributed by atoms with Gasteiger partial charge < -0.3 is 14.6 Å². The normalized spacial score (nSPS) is 14.5. The zero-order valence-corrected chi connectivity index (χ0v) is 20.8. The van der Waals surface area contributed by atoms with Gasteiger partial charge in [-0.25, -0.2) is 4.98 Å². The lowest BCUT2D eigenvalue weighted by Crippen LogP contribution is -2.46. The minimum absolute atomic E-state index is 0.0854. The lowest BCUT2D eigenvalue weighted by atomic mass is 10.1. The van der Waals surface area contributed by atoms with E-state index in [1.165, 1.54) is 5.56 Å². The van der Waals surface area contributed by atoms with E-state index in [0.717, 1.165) is 86.9 Å². The number of alkyl halides is 3. The van der Waals surface area contributed by atoms with Crippen molar-refractivity contribution < 1.29 is 17.9 Å². The standard InChI is InChI=1S/C29H28F3N5O/c30-29(31,32)23-10-11-34-28(18-23)38-25-7-5-24(6-8-25)37-15-13-36(14-16-37)12-2-1-3-22-20-35-27-9-4-21(19-33)17-26(22)27/h4-11,17-18,20,35H,1-3,12-16H2. The third-order valence-electron chi connectivity index (χ3n) is 6.93. The Kier molecular flexibility index (Phi) is 7.52. The van der Waals surface area contributed by atoms with Crippen molar-refractivity contribution >= 4 is 16.6 Å². The summed E-state index contributed by atoms with van der Waals surface area (Å²) in [7, 11) is 0. The predicted octanol–water partition coefficient (Wildman–Crippen LogP) is 6.39. The Morgan fingerprint density at radius 2 is 1.76 bits per heavy atom. The number of halogens is 3. The van der Waals surface area contributed by atoms with Gasteiger partial charge in [0.05, 0.1) is 17.2 Å². The Labute approximate surface area is 219 Å². The van der Waals surface area contributed by atoms with Gasteiger partial charge in [-0.2, -0.15) is 18.4 Å². The van der Waals surface area contributed by atoms with Gasteiger partial charge in [0.25, 0.3) is 0 Å². The third kappa shape index (κ3) is 6.09. The molecule has 0 aliphatic carbocycles. The molecular formula is C29H28F3N5O. The smallest absolute Gasteiger partial charge is 0.416 e. The molecule has 2 aromatic heterocycles. The second-order valence-electron chi connectivity index (χ2n) is 9.45. The average molecular weight is 520 g/mol. The predicted molar refractivity (Wildman–Crippen MR) is 140 cm³/mol. The van der Waals surface area contributed by atoms with Crippen molar-refractivity contribution in [3.05, 3.63) is 83.7 Å². The number of ether oxygens (including phenoxy) is 1. The van der Waals surface area contributed by atoms with Gasteiger partial charge in [-0.3, -0.25) is 4.90 Å². The summed E-state index contributed by atoms with van der Waals surface area (Å²) in [6, 6.07) is 17.2. The molecule has 0 amide bonds. The van der Waals surface area contributed by atoms with E-state index in [2.05, 4.69) is 32.0 Å². The van der Waals surface area contributed by atoms with Crippen LogP contribution in [0.5, 0.6) is 11.6 Å². The number of rotatable bonds is 8. The average Bonchev–Trinajstić information content (AvgIpc) is 3.33. The number of aromatic nitrogens is 2. The van der Waals surface area contributed by atoms with Gasteiger partial charge in [0, 0.05) is 61.2 Å². The molecule has 0 atom stereocenters. The number of fused-ring (bicyclic) bond motifs is 1. The van der Waals surface area contributed by atoms with Crippen LogP contribution in [0.4, 0.5) is 18.9 Å². The molecule has 2 aromatic carbocycles. The Hall–Kier alpha value is -4.03. The Bertz CT molecular complexity index is 1420. The third-order valence-corrected chi connectivity index (χ3v) is 6.93. The van der Waals surface area contributed by atoms with E-state index >= 15 is 0 Å². The molecule has 1 fully saturated rings. The topological polar surface area (TPSA) is 68.2 Å². The summed E-state index contributed by atoms with van der Waals surface area (Å²) in [5.41, 5.74) is 3.29. The Balaban J connectivity index is 1.06. The van der Waals surface area contributed by atoms with Gasteiger partial charge in [0.1, 0.15) is 5.75 Å². The summed E-state index contributed by atoms with van der Waals surface area (Å²) < 4.78 is 44.3. The number of aromatic amines is 1. The fourth-order valence-corrected chi connectivity index (χ4v) is 4.82. The maximum absolute atomic E-state index is 12.9. The molecule has 6 nitrogen and oxygen atoms in total. The molecule has 3 heterocycles. The first-order valence-corrected chi connectivity index (χ1v) is 12.7. The second-order valence-corrected chi connectivity index (χ2v) is 9.45. The van der Waals surface area contributed by atoms with E-state index in [1.807, 2.05) is 30.3 Å². The van der Waals surface area contributed by atoms with Crippen LogP contribution < -0.4 is 9.64 Å². The number of nitrogens with zero attached hydrogens (tertiary/aromatic N) is 4. The van der Waals surface area contributed by atoms with Crippen LogP contribution in [-0.2, 0) is 12.6 Å². The number of anilines is 1. The van der Waals surface area contributed by atoms with Crippen molar-refractivity contribution in [2.75, 3.05) is 37.6 Å². The zero-order chi connectivity index (χ0) is 26.5. The van der Waals surface area contributed by atoms with Crippen molar-refractivity contribution in [2.45, 2.75) is 25.4 Å². The van der Waals surface area contributed by atoms with Crippen molar-refractivity contribution in [3.63, 3.8) is 0 Å². The molecule has 9 heteroatoms. The van der Waals surface area contributed by atoms with Crippen LogP contribution in [0, 0.1) is 11.3 Å². The highest BCUT2D eigenvalue weighted by Crippen LogP contribution is 2.32. The number of nitriles is 1. The molecule has 38 heavy (non-hydrogen) atoms. The Morgan fingerprint density at radius 1 is 0.974 bits per heavy atom. The van der Waals surface area contributed by atoms with Gasteiger partial charge in [0.15, 0.2) is 0 Å². The van der Waals surface area contributed by atoms with Crippen LogP contribution in [0.1, 0.15) is 29.5 Å². The van der Waals surface area contributed by atoms with E-state index in [1.54, 1.807) is 12.1 Å². The summed E-state index contributed by atoms with van der Waals surface area (Å²) in [6.07, 6.45) is 1.90. The number of hydrogen-bond donors (Lipinski definition) is 1. The van der Waals surface area contributed by atoms with Gasteiger partial charge in [0.2, 0.25) is 5.88 Å². The largest absolute Gasteiger partial charge is 0.439 e. The summed E-state index contributed by atoms with van der Waals surface area (Å²) in [6.45, 7) is 4.83. The van der Waals surface area contributed by atoms with E-state index in [0.29, 0.717) is 11.3 Å². The number of nitrogens with one attached hydrogen (secondary N) is 1. The first-order valence-electron chi connectivity index (χ1n) is 12.7. The summed E-state index contributed by atoms with van der Waals surface area (Å²) in [5.74, 6) is 0.357. The number of H-pyrrole nitrogens is 1. The molecule has 0 saturated carbocycles. The SMILES string of the molecule is N#Cc1ccc2[nH]cc(CCCCN3CCN(c4ccc(Oc5cc(C(F)(F)F)ccn5)cc4)CC3)c2c1. The minimum Gasteiger partial charge on any atom is -0.439 e. The maximum Gasteiger partial charge on any atom is 0.416 e. The van der Waals surface area contributed by atoms with Gasteiger partial charge >= 0.3 is 6.18 Å². The summed E-state index contributed by atoms with van der Waals surface area (Å²) in [4.78, 5) is 12.0. The van der Waals surface area contributed by atoms with Crippen molar-refractivity contribution in [2.24, 2.45) is 0 Å².